The highest BCUT2D eigenvalue weighted by Gasteiger charge is 2.18. The molecule has 1 amide bonds. The molecule has 4 N–H and O–H groups in total. The van der Waals surface area contributed by atoms with E-state index in [1.807, 2.05) is 45.2 Å². The van der Waals surface area contributed by atoms with Gasteiger partial charge in [0.05, 0.1) is 23.0 Å². The Hall–Kier alpha value is -2.93. The summed E-state index contributed by atoms with van der Waals surface area (Å²) in [6, 6.07) is 5.98. The van der Waals surface area contributed by atoms with E-state index in [1.165, 1.54) is 0 Å². The number of H-pyrrole nitrogens is 1. The van der Waals surface area contributed by atoms with Crippen molar-refractivity contribution >= 4 is 22.5 Å². The Morgan fingerprint density at radius 3 is 2.70 bits per heavy atom. The van der Waals surface area contributed by atoms with E-state index < -0.39 is 0 Å². The fraction of sp³-hybridized carbons (Fsp3) is 0.350. The van der Waals surface area contributed by atoms with Crippen LogP contribution in [0.5, 0.6) is 0 Å². The van der Waals surface area contributed by atoms with E-state index in [9.17, 15) is 4.79 Å². The van der Waals surface area contributed by atoms with Crippen LogP contribution in [0.25, 0.3) is 22.0 Å². The van der Waals surface area contributed by atoms with E-state index in [0.717, 1.165) is 27.7 Å². The minimum absolute atomic E-state index is 0.0303. The Kier molecular flexibility index (Phi) is 5.71. The van der Waals surface area contributed by atoms with E-state index in [0.29, 0.717) is 12.0 Å². The molecule has 0 fully saturated rings. The largest absolute Gasteiger partial charge is 0.396 e. The van der Waals surface area contributed by atoms with Crippen LogP contribution in [0.1, 0.15) is 37.6 Å². The number of carbonyl (C=O) groups is 1. The molecule has 0 saturated carbocycles. The number of fused-ring (bicyclic) bond motifs is 1. The van der Waals surface area contributed by atoms with Gasteiger partial charge >= 0.3 is 0 Å². The van der Waals surface area contributed by atoms with Crippen molar-refractivity contribution < 1.29 is 9.90 Å². The van der Waals surface area contributed by atoms with Gasteiger partial charge in [-0.25, -0.2) is 0 Å². The van der Waals surface area contributed by atoms with Crippen molar-refractivity contribution in [3.05, 3.63) is 42.4 Å². The molecule has 7 nitrogen and oxygen atoms in total. The van der Waals surface area contributed by atoms with Gasteiger partial charge in [0.15, 0.2) is 0 Å². The molecule has 3 aromatic rings. The summed E-state index contributed by atoms with van der Waals surface area (Å²) in [5.74, 6) is -0.206. The molecule has 1 atom stereocenters. The van der Waals surface area contributed by atoms with E-state index in [1.54, 1.807) is 12.4 Å². The monoisotopic (exact) mass is 367 g/mol. The number of hydrogen-bond donors (Lipinski definition) is 4. The summed E-state index contributed by atoms with van der Waals surface area (Å²) >= 11 is 0. The first kappa shape index (κ1) is 18.8. The van der Waals surface area contributed by atoms with Crippen molar-refractivity contribution in [2.75, 3.05) is 11.9 Å². The van der Waals surface area contributed by atoms with Gasteiger partial charge in [0.1, 0.15) is 0 Å². The maximum atomic E-state index is 12.8. The van der Waals surface area contributed by atoms with Gasteiger partial charge in [-0.05, 0) is 44.9 Å². The Bertz CT molecular complexity index is 922. The van der Waals surface area contributed by atoms with Gasteiger partial charge in [0.25, 0.3) is 5.91 Å². The zero-order valence-electron chi connectivity index (χ0n) is 15.8. The molecule has 0 aliphatic rings. The topological polar surface area (TPSA) is 103 Å². The lowest BCUT2D eigenvalue weighted by Gasteiger charge is -2.19. The average molecular weight is 367 g/mol. The van der Waals surface area contributed by atoms with Gasteiger partial charge in [0.2, 0.25) is 0 Å². The number of aromatic nitrogens is 3. The Morgan fingerprint density at radius 1 is 1.22 bits per heavy atom. The average Bonchev–Trinajstić information content (AvgIpc) is 3.16. The normalized spacial score (nSPS) is 12.3. The van der Waals surface area contributed by atoms with Crippen molar-refractivity contribution in [3.8, 4) is 11.1 Å². The van der Waals surface area contributed by atoms with Crippen LogP contribution in [0, 0.1) is 0 Å². The molecule has 0 aliphatic carbocycles. The third-order valence-electron chi connectivity index (χ3n) is 4.32. The quantitative estimate of drug-likeness (QED) is 0.514. The van der Waals surface area contributed by atoms with Crippen LogP contribution in [0.2, 0.25) is 0 Å². The second kappa shape index (κ2) is 8.18. The van der Waals surface area contributed by atoms with Gasteiger partial charge in [0, 0.05) is 42.0 Å². The summed E-state index contributed by atoms with van der Waals surface area (Å²) in [6.45, 7) is 5.96. The molecular weight excluding hydrogens is 342 g/mol. The minimum atomic E-state index is -0.206. The van der Waals surface area contributed by atoms with Crippen molar-refractivity contribution in [1.29, 1.82) is 0 Å². The number of anilines is 1. The number of amides is 1. The Labute approximate surface area is 158 Å². The molecule has 7 heteroatoms. The first-order valence-corrected chi connectivity index (χ1v) is 9.09. The molecule has 27 heavy (non-hydrogen) atoms. The van der Waals surface area contributed by atoms with Crippen molar-refractivity contribution in [1.82, 2.24) is 20.5 Å². The lowest BCUT2D eigenvalue weighted by molar-refractivity contribution is 0.0935. The smallest absolute Gasteiger partial charge is 0.255 e. The lowest BCUT2D eigenvalue weighted by atomic mass is 10.0. The summed E-state index contributed by atoms with van der Waals surface area (Å²) in [5.41, 5.74) is 4.03. The zero-order valence-corrected chi connectivity index (χ0v) is 15.8. The highest BCUT2D eigenvalue weighted by atomic mass is 16.3. The van der Waals surface area contributed by atoms with Crippen LogP contribution >= 0.6 is 0 Å². The molecule has 0 unspecified atom stereocenters. The summed E-state index contributed by atoms with van der Waals surface area (Å²) in [6.07, 6.45) is 5.70. The summed E-state index contributed by atoms with van der Waals surface area (Å²) < 4.78 is 0. The second-order valence-electron chi connectivity index (χ2n) is 6.95. The molecule has 0 radical (unpaired) electrons. The molecule has 0 bridgehead atoms. The predicted octanol–water partition coefficient (Wildman–Crippen LogP) is 2.95. The highest BCUT2D eigenvalue weighted by molar-refractivity contribution is 6.08. The van der Waals surface area contributed by atoms with Crippen LogP contribution in [0.4, 0.5) is 5.69 Å². The van der Waals surface area contributed by atoms with Gasteiger partial charge in [-0.3, -0.25) is 14.9 Å². The Morgan fingerprint density at radius 2 is 2.04 bits per heavy atom. The highest BCUT2D eigenvalue weighted by Crippen LogP contribution is 2.31. The van der Waals surface area contributed by atoms with Crippen LogP contribution in [-0.4, -0.2) is 44.9 Å². The molecule has 1 aromatic carbocycles. The standard InChI is InChI=1S/C20H25N5O2/c1-12(2)24-19-16-8-14(15-9-22-23-10-15)4-5-18(16)21-11-17(19)20(27)25-13(3)6-7-26/h4-5,8-13,26H,6-7H2,1-3H3,(H,21,24)(H,22,23)(H,25,27)/t13-/m1/s1. The van der Waals surface area contributed by atoms with Crippen LogP contribution in [0.3, 0.4) is 0 Å². The third-order valence-corrected chi connectivity index (χ3v) is 4.32. The lowest BCUT2D eigenvalue weighted by Crippen LogP contribution is -2.34. The second-order valence-corrected chi connectivity index (χ2v) is 6.95. The van der Waals surface area contributed by atoms with Gasteiger partial charge in [-0.15, -0.1) is 0 Å². The maximum absolute atomic E-state index is 12.8. The van der Waals surface area contributed by atoms with E-state index in [2.05, 4.69) is 25.8 Å². The molecule has 0 aliphatic heterocycles. The SMILES string of the molecule is CC(C)Nc1c(C(=O)N[C@H](C)CCO)cnc2ccc(-c3cn[nH]c3)cc12. The molecule has 3 rings (SSSR count). The van der Waals surface area contributed by atoms with Gasteiger partial charge in [-0.1, -0.05) is 6.07 Å². The fourth-order valence-corrected chi connectivity index (χ4v) is 2.96. The Balaban J connectivity index is 2.08. The molecule has 0 spiro atoms. The van der Waals surface area contributed by atoms with Crippen LogP contribution < -0.4 is 10.6 Å². The van der Waals surface area contributed by atoms with Gasteiger partial charge < -0.3 is 15.7 Å². The maximum Gasteiger partial charge on any atom is 0.255 e. The molecule has 142 valence electrons. The number of aliphatic hydroxyl groups excluding tert-OH is 1. The number of benzene rings is 1. The fourth-order valence-electron chi connectivity index (χ4n) is 2.96. The zero-order chi connectivity index (χ0) is 19.4. The number of aliphatic hydroxyl groups is 1. The third kappa shape index (κ3) is 4.25. The number of carbonyl (C=O) groups excluding carboxylic acids is 1. The van der Waals surface area contributed by atoms with Gasteiger partial charge in [-0.2, -0.15) is 5.10 Å². The van der Waals surface area contributed by atoms with E-state index >= 15 is 0 Å². The first-order chi connectivity index (χ1) is 13.0. The molecule has 2 heterocycles. The first-order valence-electron chi connectivity index (χ1n) is 9.09. The number of hydrogen-bond acceptors (Lipinski definition) is 5. The summed E-state index contributed by atoms with van der Waals surface area (Å²) in [4.78, 5) is 17.3. The number of aromatic amines is 1. The predicted molar refractivity (Wildman–Crippen MR) is 107 cm³/mol. The number of rotatable bonds is 7. The molecule has 2 aromatic heterocycles. The van der Waals surface area contributed by atoms with Crippen molar-refractivity contribution in [2.45, 2.75) is 39.3 Å². The van der Waals surface area contributed by atoms with Crippen LogP contribution in [-0.2, 0) is 0 Å². The van der Waals surface area contributed by atoms with Crippen LogP contribution in [0.15, 0.2) is 36.8 Å². The van der Waals surface area contributed by atoms with E-state index in [-0.39, 0.29) is 24.6 Å². The summed E-state index contributed by atoms with van der Waals surface area (Å²) in [7, 11) is 0. The van der Waals surface area contributed by atoms with Crippen molar-refractivity contribution in [2.24, 2.45) is 0 Å². The van der Waals surface area contributed by atoms with E-state index in [4.69, 9.17) is 5.11 Å². The van der Waals surface area contributed by atoms with Crippen molar-refractivity contribution in [3.63, 3.8) is 0 Å². The number of nitrogens with zero attached hydrogens (tertiary/aromatic N) is 2. The molecule has 0 saturated heterocycles. The number of nitrogens with one attached hydrogen (secondary N) is 3. The minimum Gasteiger partial charge on any atom is -0.396 e. The molecular formula is C20H25N5O2. The number of pyridine rings is 1. The summed E-state index contributed by atoms with van der Waals surface area (Å²) in [5, 5.41) is 23.1.